The monoisotopic (exact) mass is 474 g/mol. The molecule has 0 aliphatic carbocycles. The Balaban J connectivity index is 1.30. The predicted octanol–water partition coefficient (Wildman–Crippen LogP) is 0.346. The normalized spacial score (nSPS) is 17.5. The van der Waals surface area contributed by atoms with Gasteiger partial charge in [-0.2, -0.15) is 0 Å². The van der Waals surface area contributed by atoms with Gasteiger partial charge in [0, 0.05) is 26.1 Å². The van der Waals surface area contributed by atoms with Crippen molar-refractivity contribution in [2.24, 2.45) is 10.1 Å². The quantitative estimate of drug-likeness (QED) is 0.271. The molecule has 12 nitrogen and oxygen atoms in total. The number of unbranched alkanes of at least 4 members (excludes halogenated alkanes) is 1. The molecule has 1 aromatic carbocycles. The summed E-state index contributed by atoms with van der Waals surface area (Å²) in [4.78, 5) is 45.2. The average Bonchev–Trinajstić information content (AvgIpc) is 3.53. The fraction of sp³-hybridized carbons (Fsp3) is 0.500. The summed E-state index contributed by atoms with van der Waals surface area (Å²) in [7, 11) is 0. The molecule has 2 amide bonds. The van der Waals surface area contributed by atoms with E-state index in [1.807, 2.05) is 6.07 Å². The van der Waals surface area contributed by atoms with Gasteiger partial charge in [0.1, 0.15) is 12.6 Å². The van der Waals surface area contributed by atoms with Crippen LogP contribution in [-0.2, 0) is 25.8 Å². The van der Waals surface area contributed by atoms with Crippen LogP contribution in [0.1, 0.15) is 31.2 Å². The van der Waals surface area contributed by atoms with Gasteiger partial charge in [-0.25, -0.2) is 9.59 Å². The summed E-state index contributed by atoms with van der Waals surface area (Å²) in [5, 5.41) is 24.4. The van der Waals surface area contributed by atoms with Gasteiger partial charge >= 0.3 is 12.1 Å². The van der Waals surface area contributed by atoms with Gasteiger partial charge in [-0.05, 0) is 24.8 Å². The van der Waals surface area contributed by atoms with Crippen molar-refractivity contribution in [2.45, 2.75) is 44.4 Å². The van der Waals surface area contributed by atoms with Crippen LogP contribution >= 0.6 is 0 Å². The second-order valence-electron chi connectivity index (χ2n) is 7.84. The number of carboxylic acids is 1. The number of carboxylic acid groups (broad SMARTS) is 1. The Labute approximate surface area is 197 Å². The molecule has 1 aromatic rings. The first-order chi connectivity index (χ1) is 16.5. The Morgan fingerprint density at radius 1 is 1.24 bits per heavy atom. The number of carbonyl (C=O) groups is 3. The number of aliphatic carboxylic acids is 1. The van der Waals surface area contributed by atoms with Crippen molar-refractivity contribution in [3.63, 3.8) is 0 Å². The van der Waals surface area contributed by atoms with Crippen LogP contribution in [0.4, 0.5) is 4.79 Å². The molecule has 34 heavy (non-hydrogen) atoms. The first-order valence-corrected chi connectivity index (χ1v) is 11.2. The van der Waals surface area contributed by atoms with E-state index in [0.717, 1.165) is 49.7 Å². The largest absolute Gasteiger partial charge is 0.480 e. The van der Waals surface area contributed by atoms with Crippen molar-refractivity contribution in [3.05, 3.63) is 35.9 Å². The summed E-state index contributed by atoms with van der Waals surface area (Å²) >= 11 is 0. The Hall–Kier alpha value is -3.83. The Morgan fingerprint density at radius 2 is 2.06 bits per heavy atom. The molecule has 0 bridgehead atoms. The zero-order valence-electron chi connectivity index (χ0n) is 18.8. The predicted molar refractivity (Wildman–Crippen MR) is 123 cm³/mol. The Kier molecular flexibility index (Phi) is 9.50. The van der Waals surface area contributed by atoms with E-state index in [4.69, 9.17) is 9.57 Å². The fourth-order valence-electron chi connectivity index (χ4n) is 3.32. The Morgan fingerprint density at radius 3 is 2.79 bits per heavy atom. The van der Waals surface area contributed by atoms with Crippen LogP contribution in [0.5, 0.6) is 0 Å². The van der Waals surface area contributed by atoms with Gasteiger partial charge in [0.05, 0.1) is 12.3 Å². The molecule has 12 heteroatoms. The number of hydrogen-bond acceptors (Lipinski definition) is 9. The SMILES string of the molecule is O=C(NC(CNC(=O)C1CC(CCCCNC2=NCCN2)=NO1)C(=O)O)OCc1ccccc1. The first-order valence-electron chi connectivity index (χ1n) is 11.2. The van der Waals surface area contributed by atoms with E-state index in [2.05, 4.69) is 31.4 Å². The average molecular weight is 475 g/mol. The maximum atomic E-state index is 12.4. The highest BCUT2D eigenvalue weighted by molar-refractivity contribution is 5.93. The number of nitrogens with one attached hydrogen (secondary N) is 4. The van der Waals surface area contributed by atoms with E-state index in [1.54, 1.807) is 24.3 Å². The van der Waals surface area contributed by atoms with Gasteiger partial charge in [0.15, 0.2) is 5.96 Å². The molecule has 2 atom stereocenters. The van der Waals surface area contributed by atoms with Gasteiger partial charge < -0.3 is 35.9 Å². The highest BCUT2D eigenvalue weighted by atomic mass is 16.6. The summed E-state index contributed by atoms with van der Waals surface area (Å²) in [5.41, 5.74) is 1.55. The van der Waals surface area contributed by atoms with Crippen molar-refractivity contribution in [3.8, 4) is 0 Å². The molecule has 0 saturated heterocycles. The number of alkyl carbamates (subject to hydrolysis) is 1. The molecule has 0 spiro atoms. The number of aliphatic imine (C=N–C) groups is 1. The minimum absolute atomic E-state index is 0.00308. The Bertz CT molecular complexity index is 906. The van der Waals surface area contributed by atoms with Crippen LogP contribution in [0.2, 0.25) is 0 Å². The molecule has 0 radical (unpaired) electrons. The second-order valence-corrected chi connectivity index (χ2v) is 7.84. The molecule has 0 aromatic heterocycles. The minimum atomic E-state index is -1.35. The molecular weight excluding hydrogens is 444 g/mol. The molecule has 2 aliphatic rings. The lowest BCUT2D eigenvalue weighted by Crippen LogP contribution is -2.50. The molecule has 2 unspecified atom stereocenters. The molecule has 184 valence electrons. The fourth-order valence-corrected chi connectivity index (χ4v) is 3.32. The highest BCUT2D eigenvalue weighted by Crippen LogP contribution is 2.15. The number of rotatable bonds is 12. The third-order valence-corrected chi connectivity index (χ3v) is 5.16. The first kappa shape index (κ1) is 24.8. The number of hydrogen-bond donors (Lipinski definition) is 5. The maximum Gasteiger partial charge on any atom is 0.408 e. The molecule has 2 heterocycles. The van der Waals surface area contributed by atoms with E-state index in [9.17, 15) is 19.5 Å². The lowest BCUT2D eigenvalue weighted by atomic mass is 10.1. The zero-order valence-corrected chi connectivity index (χ0v) is 18.8. The van der Waals surface area contributed by atoms with Gasteiger partial charge in [-0.3, -0.25) is 9.79 Å². The summed E-state index contributed by atoms with van der Waals surface area (Å²) < 4.78 is 5.03. The second kappa shape index (κ2) is 13.0. The zero-order chi connectivity index (χ0) is 24.2. The summed E-state index contributed by atoms with van der Waals surface area (Å²) in [6.07, 6.45) is 1.15. The van der Waals surface area contributed by atoms with Crippen LogP contribution in [-0.4, -0.2) is 73.1 Å². The number of amides is 2. The van der Waals surface area contributed by atoms with E-state index < -0.39 is 30.1 Å². The van der Waals surface area contributed by atoms with Crippen molar-refractivity contribution in [1.29, 1.82) is 0 Å². The van der Waals surface area contributed by atoms with Crippen molar-refractivity contribution in [1.82, 2.24) is 21.3 Å². The molecule has 3 rings (SSSR count). The highest BCUT2D eigenvalue weighted by Gasteiger charge is 2.29. The summed E-state index contributed by atoms with van der Waals surface area (Å²) in [5.74, 6) is -0.957. The number of guanidine groups is 1. The van der Waals surface area contributed by atoms with Crippen LogP contribution in [0.25, 0.3) is 0 Å². The van der Waals surface area contributed by atoms with E-state index >= 15 is 0 Å². The van der Waals surface area contributed by atoms with Gasteiger partial charge in [0.25, 0.3) is 5.91 Å². The lowest BCUT2D eigenvalue weighted by Gasteiger charge is -2.16. The van der Waals surface area contributed by atoms with Crippen LogP contribution in [0.3, 0.4) is 0 Å². The van der Waals surface area contributed by atoms with Gasteiger partial charge in [0.2, 0.25) is 6.10 Å². The number of ether oxygens (including phenoxy) is 1. The molecular formula is C22H30N6O6. The van der Waals surface area contributed by atoms with Crippen LogP contribution < -0.4 is 21.3 Å². The van der Waals surface area contributed by atoms with Crippen molar-refractivity contribution in [2.75, 3.05) is 26.2 Å². The third kappa shape index (κ3) is 8.26. The summed E-state index contributed by atoms with van der Waals surface area (Å²) in [6, 6.07) is 7.64. The van der Waals surface area contributed by atoms with Crippen molar-refractivity contribution >= 4 is 29.6 Å². The molecule has 2 aliphatic heterocycles. The number of oxime groups is 1. The smallest absolute Gasteiger partial charge is 0.408 e. The van der Waals surface area contributed by atoms with E-state index in [0.29, 0.717) is 12.8 Å². The molecule has 0 fully saturated rings. The number of carbonyl (C=O) groups excluding carboxylic acids is 2. The van der Waals surface area contributed by atoms with E-state index in [1.165, 1.54) is 0 Å². The van der Waals surface area contributed by atoms with Gasteiger partial charge in [-0.1, -0.05) is 35.5 Å². The lowest BCUT2D eigenvalue weighted by molar-refractivity contribution is -0.139. The minimum Gasteiger partial charge on any atom is -0.480 e. The number of nitrogens with zero attached hydrogens (tertiary/aromatic N) is 2. The van der Waals surface area contributed by atoms with Gasteiger partial charge in [-0.15, -0.1) is 0 Å². The molecule has 5 N–H and O–H groups in total. The summed E-state index contributed by atoms with van der Waals surface area (Å²) in [6.45, 7) is 2.14. The van der Waals surface area contributed by atoms with Crippen molar-refractivity contribution < 1.29 is 29.1 Å². The van der Waals surface area contributed by atoms with Crippen LogP contribution in [0.15, 0.2) is 40.5 Å². The standard InChI is InChI=1S/C22H30N6O6/c29-19(18-12-16(28-34-18)8-4-5-9-23-21-24-10-11-25-21)26-13-17(20(30)31)27-22(32)33-14-15-6-2-1-3-7-15/h1-3,6-7,17-18H,4-5,8-14H2,(H,26,29)(H,27,32)(H,30,31)(H2,23,24,25). The molecule has 0 saturated carbocycles. The maximum absolute atomic E-state index is 12.4. The van der Waals surface area contributed by atoms with E-state index in [-0.39, 0.29) is 13.2 Å². The number of benzene rings is 1. The van der Waals surface area contributed by atoms with Crippen LogP contribution in [0, 0.1) is 0 Å². The third-order valence-electron chi connectivity index (χ3n) is 5.16. The topological polar surface area (TPSA) is 163 Å².